The predicted octanol–water partition coefficient (Wildman–Crippen LogP) is 4.17. The molecule has 0 N–H and O–H groups in total. The van der Waals surface area contributed by atoms with Crippen molar-refractivity contribution in [3.05, 3.63) is 35.4 Å². The van der Waals surface area contributed by atoms with Crippen molar-refractivity contribution in [3.63, 3.8) is 0 Å². The minimum atomic E-state index is -4.29. The molecule has 0 spiro atoms. The molecule has 0 bridgehead atoms. The van der Waals surface area contributed by atoms with Crippen LogP contribution in [-0.4, -0.2) is 6.18 Å². The summed E-state index contributed by atoms with van der Waals surface area (Å²) in [7, 11) is 0. The molecule has 14 heavy (non-hydrogen) atoms. The van der Waals surface area contributed by atoms with Crippen molar-refractivity contribution >= 4 is 15.9 Å². The van der Waals surface area contributed by atoms with Crippen LogP contribution in [0.4, 0.5) is 13.2 Å². The standard InChI is InChI=1S/C10H10BrF3/c1-7-3-5-8(6-4-7)9(2,11)10(12,13)14/h3-6H,1-2H3. The number of alkyl halides is 4. The zero-order valence-electron chi connectivity index (χ0n) is 7.82. The summed E-state index contributed by atoms with van der Waals surface area (Å²) in [6.45, 7) is 2.95. The molecule has 1 aromatic rings. The number of benzene rings is 1. The van der Waals surface area contributed by atoms with Crippen molar-refractivity contribution in [2.75, 3.05) is 0 Å². The molecule has 0 fully saturated rings. The molecule has 0 amide bonds. The first kappa shape index (κ1) is 11.6. The Hall–Kier alpha value is -0.510. The van der Waals surface area contributed by atoms with Gasteiger partial charge in [0, 0.05) is 0 Å². The molecule has 0 aliphatic rings. The van der Waals surface area contributed by atoms with Crippen LogP contribution in [0.25, 0.3) is 0 Å². The molecule has 0 radical (unpaired) electrons. The largest absolute Gasteiger partial charge is 0.407 e. The SMILES string of the molecule is Cc1ccc(C(C)(Br)C(F)(F)F)cc1. The number of aryl methyl sites for hydroxylation is 1. The van der Waals surface area contributed by atoms with Crippen molar-refractivity contribution in [1.29, 1.82) is 0 Å². The smallest absolute Gasteiger partial charge is 0.169 e. The highest BCUT2D eigenvalue weighted by molar-refractivity contribution is 9.09. The van der Waals surface area contributed by atoms with E-state index in [1.807, 2.05) is 6.92 Å². The summed E-state index contributed by atoms with van der Waals surface area (Å²) >= 11 is 2.71. The van der Waals surface area contributed by atoms with E-state index in [0.717, 1.165) is 12.5 Å². The first-order valence-electron chi connectivity index (χ1n) is 4.08. The lowest BCUT2D eigenvalue weighted by atomic mass is 9.99. The maximum Gasteiger partial charge on any atom is 0.407 e. The number of hydrogen-bond donors (Lipinski definition) is 0. The monoisotopic (exact) mass is 266 g/mol. The van der Waals surface area contributed by atoms with E-state index in [0.29, 0.717) is 0 Å². The summed E-state index contributed by atoms with van der Waals surface area (Å²) in [5.74, 6) is 0. The summed E-state index contributed by atoms with van der Waals surface area (Å²) in [6.07, 6.45) is -4.29. The average molecular weight is 267 g/mol. The van der Waals surface area contributed by atoms with Gasteiger partial charge in [-0.1, -0.05) is 45.8 Å². The maximum atomic E-state index is 12.6. The fourth-order valence-electron chi connectivity index (χ4n) is 1.03. The minimum Gasteiger partial charge on any atom is -0.169 e. The van der Waals surface area contributed by atoms with E-state index in [4.69, 9.17) is 0 Å². The molecule has 0 heterocycles. The molecule has 0 aliphatic carbocycles. The summed E-state index contributed by atoms with van der Waals surface area (Å²) in [6, 6.07) is 6.30. The van der Waals surface area contributed by atoms with Gasteiger partial charge in [-0.25, -0.2) is 0 Å². The van der Waals surface area contributed by atoms with Crippen LogP contribution in [-0.2, 0) is 4.32 Å². The molecule has 0 saturated carbocycles. The molecule has 1 aromatic carbocycles. The molecule has 1 atom stereocenters. The van der Waals surface area contributed by atoms with Gasteiger partial charge in [0.25, 0.3) is 0 Å². The van der Waals surface area contributed by atoms with E-state index in [1.165, 1.54) is 12.1 Å². The van der Waals surface area contributed by atoms with Gasteiger partial charge in [0.2, 0.25) is 0 Å². The van der Waals surface area contributed by atoms with Gasteiger partial charge in [0.15, 0.2) is 0 Å². The lowest BCUT2D eigenvalue weighted by Gasteiger charge is -2.26. The van der Waals surface area contributed by atoms with E-state index in [9.17, 15) is 13.2 Å². The first-order valence-corrected chi connectivity index (χ1v) is 4.87. The van der Waals surface area contributed by atoms with E-state index in [2.05, 4.69) is 15.9 Å². The van der Waals surface area contributed by atoms with Gasteiger partial charge in [-0.15, -0.1) is 0 Å². The summed E-state index contributed by atoms with van der Waals surface area (Å²) in [5.41, 5.74) is 1.16. The zero-order chi connectivity index (χ0) is 11.0. The highest BCUT2D eigenvalue weighted by Gasteiger charge is 2.50. The number of hydrogen-bond acceptors (Lipinski definition) is 0. The van der Waals surface area contributed by atoms with Crippen molar-refractivity contribution < 1.29 is 13.2 Å². The van der Waals surface area contributed by atoms with E-state index in [1.54, 1.807) is 12.1 Å². The third kappa shape index (κ3) is 2.11. The van der Waals surface area contributed by atoms with Gasteiger partial charge < -0.3 is 0 Å². The van der Waals surface area contributed by atoms with E-state index >= 15 is 0 Å². The van der Waals surface area contributed by atoms with Crippen LogP contribution in [0, 0.1) is 6.92 Å². The van der Waals surface area contributed by atoms with Crippen molar-refractivity contribution in [2.24, 2.45) is 0 Å². The van der Waals surface area contributed by atoms with Crippen LogP contribution in [0.5, 0.6) is 0 Å². The Morgan fingerprint density at radius 1 is 1.07 bits per heavy atom. The molecular formula is C10H10BrF3. The molecule has 1 unspecified atom stereocenters. The van der Waals surface area contributed by atoms with Gasteiger partial charge in [0.05, 0.1) is 0 Å². The van der Waals surface area contributed by atoms with Crippen LogP contribution >= 0.6 is 15.9 Å². The number of rotatable bonds is 1. The molecular weight excluding hydrogens is 257 g/mol. The van der Waals surface area contributed by atoms with E-state index < -0.39 is 10.5 Å². The summed E-state index contributed by atoms with van der Waals surface area (Å²) in [4.78, 5) is 0. The topological polar surface area (TPSA) is 0 Å². The highest BCUT2D eigenvalue weighted by Crippen LogP contribution is 2.45. The van der Waals surface area contributed by atoms with Crippen LogP contribution < -0.4 is 0 Å². The Morgan fingerprint density at radius 3 is 1.86 bits per heavy atom. The Kier molecular flexibility index (Phi) is 2.95. The third-order valence-corrected chi connectivity index (χ3v) is 3.03. The minimum absolute atomic E-state index is 0.218. The lowest BCUT2D eigenvalue weighted by Crippen LogP contribution is -2.33. The quantitative estimate of drug-likeness (QED) is 0.670. The van der Waals surface area contributed by atoms with Gasteiger partial charge >= 0.3 is 6.18 Å². The Bertz CT molecular complexity index is 311. The fraction of sp³-hybridized carbons (Fsp3) is 0.400. The van der Waals surface area contributed by atoms with Crippen LogP contribution in [0.3, 0.4) is 0 Å². The summed E-state index contributed by atoms with van der Waals surface area (Å²) in [5, 5.41) is 0. The van der Waals surface area contributed by atoms with Crippen molar-refractivity contribution in [3.8, 4) is 0 Å². The number of halogens is 4. The second-order valence-electron chi connectivity index (χ2n) is 3.37. The van der Waals surface area contributed by atoms with Gasteiger partial charge in [-0.05, 0) is 19.4 Å². The second kappa shape index (κ2) is 3.57. The fourth-order valence-corrected chi connectivity index (χ4v) is 1.29. The van der Waals surface area contributed by atoms with Crippen molar-refractivity contribution in [1.82, 2.24) is 0 Å². The van der Waals surface area contributed by atoms with Crippen LogP contribution in [0.1, 0.15) is 18.1 Å². The molecule has 1 rings (SSSR count). The maximum absolute atomic E-state index is 12.6. The van der Waals surface area contributed by atoms with E-state index in [-0.39, 0.29) is 5.56 Å². The van der Waals surface area contributed by atoms with Gasteiger partial charge in [0.1, 0.15) is 4.32 Å². The lowest BCUT2D eigenvalue weighted by molar-refractivity contribution is -0.155. The summed E-state index contributed by atoms with van der Waals surface area (Å²) < 4.78 is 35.8. The Labute approximate surface area is 89.3 Å². The molecule has 0 aromatic heterocycles. The Morgan fingerprint density at radius 2 is 1.50 bits per heavy atom. The normalized spacial score (nSPS) is 16.4. The highest BCUT2D eigenvalue weighted by atomic mass is 79.9. The predicted molar refractivity (Wildman–Crippen MR) is 53.5 cm³/mol. The molecule has 0 aliphatic heterocycles. The van der Waals surface area contributed by atoms with Gasteiger partial charge in [-0.3, -0.25) is 0 Å². The van der Waals surface area contributed by atoms with Crippen LogP contribution in [0.15, 0.2) is 24.3 Å². The molecule has 78 valence electrons. The third-order valence-electron chi connectivity index (χ3n) is 2.13. The van der Waals surface area contributed by atoms with Crippen molar-refractivity contribution in [2.45, 2.75) is 24.3 Å². The molecule has 0 nitrogen and oxygen atoms in total. The Balaban J connectivity index is 3.10. The van der Waals surface area contributed by atoms with Gasteiger partial charge in [-0.2, -0.15) is 13.2 Å². The molecule has 4 heteroatoms. The van der Waals surface area contributed by atoms with Crippen LogP contribution in [0.2, 0.25) is 0 Å². The second-order valence-corrected chi connectivity index (χ2v) is 4.95. The first-order chi connectivity index (χ1) is 6.25. The average Bonchev–Trinajstić information content (AvgIpc) is 2.03. The molecule has 0 saturated heterocycles. The zero-order valence-corrected chi connectivity index (χ0v) is 9.41.